The highest BCUT2D eigenvalue weighted by molar-refractivity contribution is 8.14. The third-order valence-electron chi connectivity index (χ3n) is 2.97. The van der Waals surface area contributed by atoms with Crippen molar-refractivity contribution in [3.8, 4) is 5.69 Å². The lowest BCUT2D eigenvalue weighted by Crippen LogP contribution is -2.29. The highest BCUT2D eigenvalue weighted by Crippen LogP contribution is 2.22. The van der Waals surface area contributed by atoms with Crippen LogP contribution in [0.5, 0.6) is 0 Å². The molecule has 0 aliphatic carbocycles. The minimum atomic E-state index is -0.181. The molecule has 1 amide bonds. The summed E-state index contributed by atoms with van der Waals surface area (Å²) in [5.41, 5.74) is 1.44. The molecule has 0 bridgehead atoms. The normalized spacial score (nSPS) is 14.0. The molecule has 0 atom stereocenters. The van der Waals surface area contributed by atoms with Gasteiger partial charge in [-0.1, -0.05) is 41.7 Å². The Balaban J connectivity index is 1.95. The molecule has 0 unspecified atom stereocenters. The van der Waals surface area contributed by atoms with E-state index in [4.69, 9.17) is 0 Å². The molecule has 0 fully saturated rings. The molecule has 1 N–H and O–H groups in total. The van der Waals surface area contributed by atoms with Crippen LogP contribution in [0.1, 0.15) is 10.5 Å². The Morgan fingerprint density at radius 3 is 2.86 bits per heavy atom. The number of aliphatic imine (C=N–C) groups is 1. The molecule has 2 heterocycles. The molecule has 21 heavy (non-hydrogen) atoms. The van der Waals surface area contributed by atoms with E-state index >= 15 is 0 Å². The fourth-order valence-corrected chi connectivity index (χ4v) is 3.31. The first-order valence-electron chi connectivity index (χ1n) is 6.45. The zero-order valence-corrected chi connectivity index (χ0v) is 13.1. The summed E-state index contributed by atoms with van der Waals surface area (Å²) in [6, 6.07) is 9.75. The minimum absolute atomic E-state index is 0.181. The Morgan fingerprint density at radius 1 is 1.38 bits per heavy atom. The molecule has 108 valence electrons. The number of carbonyl (C=O) groups excluding carboxylic acids is 1. The Labute approximate surface area is 131 Å². The second kappa shape index (κ2) is 6.36. The van der Waals surface area contributed by atoms with Gasteiger partial charge in [0.05, 0.1) is 12.7 Å². The van der Waals surface area contributed by atoms with Gasteiger partial charge < -0.3 is 0 Å². The number of nitrogens with one attached hydrogen (secondary N) is 1. The molecule has 2 aromatic rings. The van der Waals surface area contributed by atoms with E-state index in [0.29, 0.717) is 10.9 Å². The van der Waals surface area contributed by atoms with E-state index in [-0.39, 0.29) is 5.91 Å². The maximum absolute atomic E-state index is 12.4. The van der Waals surface area contributed by atoms with Crippen molar-refractivity contribution in [2.24, 2.45) is 4.99 Å². The first kappa shape index (κ1) is 14.2. The lowest BCUT2D eigenvalue weighted by atomic mass is 10.3. The Hall–Kier alpha value is -1.73. The van der Waals surface area contributed by atoms with Crippen LogP contribution in [0.4, 0.5) is 0 Å². The van der Waals surface area contributed by atoms with Crippen LogP contribution >= 0.6 is 23.5 Å². The molecule has 1 aromatic carbocycles. The van der Waals surface area contributed by atoms with E-state index in [1.807, 2.05) is 41.2 Å². The molecule has 0 spiro atoms. The number of thioether (sulfide) groups is 2. The summed E-state index contributed by atoms with van der Waals surface area (Å²) in [5, 5.41) is 4.32. The van der Waals surface area contributed by atoms with Gasteiger partial charge in [-0.05, 0) is 18.4 Å². The van der Waals surface area contributed by atoms with Crippen LogP contribution in [-0.2, 0) is 0 Å². The number of carbonyl (C=O) groups is 1. The van der Waals surface area contributed by atoms with Crippen molar-refractivity contribution in [3.63, 3.8) is 0 Å². The van der Waals surface area contributed by atoms with Crippen molar-refractivity contribution in [1.29, 1.82) is 0 Å². The highest BCUT2D eigenvalue weighted by atomic mass is 32.2. The summed E-state index contributed by atoms with van der Waals surface area (Å²) < 4.78 is 1.86. The third kappa shape index (κ3) is 2.98. The van der Waals surface area contributed by atoms with E-state index in [1.165, 1.54) is 11.8 Å². The summed E-state index contributed by atoms with van der Waals surface area (Å²) >= 11 is 3.07. The molecule has 0 saturated heterocycles. The molecular formula is C14H14N4OS2. The Bertz CT molecular complexity index is 682. The van der Waals surface area contributed by atoms with Crippen molar-refractivity contribution in [2.45, 2.75) is 5.16 Å². The monoisotopic (exact) mass is 318 g/mol. The zero-order valence-electron chi connectivity index (χ0n) is 11.4. The van der Waals surface area contributed by atoms with Crippen molar-refractivity contribution in [1.82, 2.24) is 14.9 Å². The fourth-order valence-electron chi connectivity index (χ4n) is 2.04. The van der Waals surface area contributed by atoms with Crippen molar-refractivity contribution < 1.29 is 4.79 Å². The molecular weight excluding hydrogens is 304 g/mol. The number of nitrogens with zero attached hydrogens (tertiary/aromatic N) is 3. The molecule has 3 rings (SSSR count). The first-order valence-corrected chi connectivity index (χ1v) is 8.66. The van der Waals surface area contributed by atoms with Crippen LogP contribution in [0.3, 0.4) is 0 Å². The maximum atomic E-state index is 12.4. The van der Waals surface area contributed by atoms with Crippen molar-refractivity contribution in [2.75, 3.05) is 18.6 Å². The highest BCUT2D eigenvalue weighted by Gasteiger charge is 2.19. The Kier molecular flexibility index (Phi) is 4.31. The van der Waals surface area contributed by atoms with Gasteiger partial charge >= 0.3 is 0 Å². The lowest BCUT2D eigenvalue weighted by molar-refractivity contribution is 0.0971. The quantitative estimate of drug-likeness (QED) is 0.883. The number of rotatable bonds is 3. The lowest BCUT2D eigenvalue weighted by Gasteiger charge is -2.10. The SMILES string of the molecule is CSc1ncc(C(=O)NC2=NCCS2)n1-c1ccccc1. The van der Waals surface area contributed by atoms with Gasteiger partial charge in [-0.3, -0.25) is 19.7 Å². The standard InChI is InChI=1S/C14H14N4OS2/c1-20-14-16-9-11(12(19)17-13-15-7-8-21-13)18(14)10-5-3-2-4-6-10/h2-6,9H,7-8H2,1H3,(H,15,17,19). The van der Waals surface area contributed by atoms with E-state index in [2.05, 4.69) is 15.3 Å². The van der Waals surface area contributed by atoms with E-state index in [0.717, 1.165) is 23.1 Å². The first-order chi connectivity index (χ1) is 10.3. The summed E-state index contributed by atoms with van der Waals surface area (Å²) in [5.74, 6) is 0.740. The van der Waals surface area contributed by atoms with Gasteiger partial charge in [0, 0.05) is 11.4 Å². The summed E-state index contributed by atoms with van der Waals surface area (Å²) in [6.45, 7) is 0.758. The summed E-state index contributed by atoms with van der Waals surface area (Å²) in [6.07, 6.45) is 3.55. The number of amidine groups is 1. The van der Waals surface area contributed by atoms with Gasteiger partial charge in [0.2, 0.25) is 0 Å². The predicted octanol–water partition coefficient (Wildman–Crippen LogP) is 2.43. The average molecular weight is 318 g/mol. The van der Waals surface area contributed by atoms with Gasteiger partial charge in [0.1, 0.15) is 5.69 Å². The number of hydrogen-bond acceptors (Lipinski definition) is 5. The predicted molar refractivity (Wildman–Crippen MR) is 87.6 cm³/mol. The fraction of sp³-hybridized carbons (Fsp3) is 0.214. The van der Waals surface area contributed by atoms with Crippen LogP contribution < -0.4 is 5.32 Å². The number of aromatic nitrogens is 2. The molecule has 0 saturated carbocycles. The zero-order chi connectivity index (χ0) is 14.7. The van der Waals surface area contributed by atoms with Crippen molar-refractivity contribution >= 4 is 34.6 Å². The smallest absolute Gasteiger partial charge is 0.275 e. The maximum Gasteiger partial charge on any atom is 0.275 e. The van der Waals surface area contributed by atoms with Crippen molar-refractivity contribution in [3.05, 3.63) is 42.2 Å². The van der Waals surface area contributed by atoms with Crippen LogP contribution in [-0.4, -0.2) is 39.2 Å². The summed E-state index contributed by atoms with van der Waals surface area (Å²) in [7, 11) is 0. The largest absolute Gasteiger partial charge is 0.300 e. The number of imidazole rings is 1. The number of hydrogen-bond donors (Lipinski definition) is 1. The van der Waals surface area contributed by atoms with Gasteiger partial charge in [-0.2, -0.15) is 0 Å². The van der Waals surface area contributed by atoms with E-state index in [1.54, 1.807) is 18.0 Å². The summed E-state index contributed by atoms with van der Waals surface area (Å²) in [4.78, 5) is 21.0. The number of amides is 1. The molecule has 1 aliphatic rings. The van der Waals surface area contributed by atoms with Crippen LogP contribution in [0.2, 0.25) is 0 Å². The molecule has 1 aromatic heterocycles. The van der Waals surface area contributed by atoms with Crippen LogP contribution in [0.15, 0.2) is 46.7 Å². The molecule has 5 nitrogen and oxygen atoms in total. The van der Waals surface area contributed by atoms with Gasteiger partial charge in [0.15, 0.2) is 10.3 Å². The Morgan fingerprint density at radius 2 is 2.19 bits per heavy atom. The van der Waals surface area contributed by atoms with E-state index in [9.17, 15) is 4.79 Å². The second-order valence-electron chi connectivity index (χ2n) is 4.29. The topological polar surface area (TPSA) is 59.3 Å². The van der Waals surface area contributed by atoms with Gasteiger partial charge in [0.25, 0.3) is 5.91 Å². The third-order valence-corrected chi connectivity index (χ3v) is 4.51. The molecule has 0 radical (unpaired) electrons. The molecule has 1 aliphatic heterocycles. The van der Waals surface area contributed by atoms with Crippen LogP contribution in [0.25, 0.3) is 5.69 Å². The number of benzene rings is 1. The average Bonchev–Trinajstić information content (AvgIpc) is 3.16. The number of para-hydroxylation sites is 1. The van der Waals surface area contributed by atoms with Gasteiger partial charge in [-0.15, -0.1) is 0 Å². The van der Waals surface area contributed by atoms with Gasteiger partial charge in [-0.25, -0.2) is 4.98 Å². The molecule has 7 heteroatoms. The van der Waals surface area contributed by atoms with Crippen LogP contribution in [0, 0.1) is 0 Å². The second-order valence-corrected chi connectivity index (χ2v) is 6.15. The minimum Gasteiger partial charge on any atom is -0.300 e. The van der Waals surface area contributed by atoms with E-state index < -0.39 is 0 Å².